The van der Waals surface area contributed by atoms with Gasteiger partial charge in [0.25, 0.3) is 0 Å². The molecule has 0 spiro atoms. The summed E-state index contributed by atoms with van der Waals surface area (Å²) in [6, 6.07) is 0. The Bertz CT molecular complexity index is 169. The van der Waals surface area contributed by atoms with Gasteiger partial charge in [-0.05, 0) is 25.7 Å². The van der Waals surface area contributed by atoms with Crippen LogP contribution in [0.2, 0.25) is 0 Å². The molecule has 2 nitrogen and oxygen atoms in total. The van der Waals surface area contributed by atoms with Gasteiger partial charge in [0, 0.05) is 0 Å². The van der Waals surface area contributed by atoms with Gasteiger partial charge in [0.05, 0.1) is 5.41 Å². The van der Waals surface area contributed by atoms with E-state index in [-0.39, 0.29) is 5.41 Å². The molecule has 0 aliphatic rings. The molecule has 0 aromatic rings. The van der Waals surface area contributed by atoms with Gasteiger partial charge in [-0.2, -0.15) is 0 Å². The van der Waals surface area contributed by atoms with Crippen molar-refractivity contribution in [3.05, 3.63) is 0 Å². The highest BCUT2D eigenvalue weighted by Gasteiger charge is 2.42. The van der Waals surface area contributed by atoms with Crippen LogP contribution < -0.4 is 0 Å². The second kappa shape index (κ2) is 3.46. The smallest absolute Gasteiger partial charge is 0.309 e. The summed E-state index contributed by atoms with van der Waals surface area (Å²) < 4.78 is 0. The van der Waals surface area contributed by atoms with Crippen LogP contribution in [0.1, 0.15) is 47.5 Å². The highest BCUT2D eigenvalue weighted by molar-refractivity contribution is 5.74. The molecule has 1 N–H and O–H groups in total. The first-order chi connectivity index (χ1) is 5.25. The molecule has 0 fully saturated rings. The van der Waals surface area contributed by atoms with Gasteiger partial charge in [-0.25, -0.2) is 0 Å². The second-order valence-electron chi connectivity index (χ2n) is 4.56. The molecule has 72 valence electrons. The van der Waals surface area contributed by atoms with Crippen LogP contribution in [0.4, 0.5) is 0 Å². The third-order valence-corrected chi connectivity index (χ3v) is 3.10. The van der Waals surface area contributed by atoms with Crippen molar-refractivity contribution in [3.8, 4) is 0 Å². The SMILES string of the molecule is CCCC(C)(C)C(C)(C)C(=O)O. The Morgan fingerprint density at radius 1 is 1.25 bits per heavy atom. The lowest BCUT2D eigenvalue weighted by Gasteiger charge is -2.38. The van der Waals surface area contributed by atoms with Crippen LogP contribution in [-0.4, -0.2) is 11.1 Å². The van der Waals surface area contributed by atoms with E-state index in [0.717, 1.165) is 12.8 Å². The van der Waals surface area contributed by atoms with Crippen LogP contribution in [0, 0.1) is 10.8 Å². The molecule has 0 aromatic heterocycles. The zero-order valence-electron chi connectivity index (χ0n) is 8.77. The zero-order chi connectivity index (χ0) is 9.99. The van der Waals surface area contributed by atoms with Crippen LogP contribution in [0.25, 0.3) is 0 Å². The maximum Gasteiger partial charge on any atom is 0.309 e. The van der Waals surface area contributed by atoms with E-state index in [9.17, 15) is 4.79 Å². The molecule has 0 amide bonds. The van der Waals surface area contributed by atoms with E-state index in [1.807, 2.05) is 13.8 Å². The largest absolute Gasteiger partial charge is 0.481 e. The van der Waals surface area contributed by atoms with E-state index in [1.54, 1.807) is 13.8 Å². The van der Waals surface area contributed by atoms with Crippen molar-refractivity contribution >= 4 is 5.97 Å². The van der Waals surface area contributed by atoms with Crippen molar-refractivity contribution in [1.82, 2.24) is 0 Å². The summed E-state index contributed by atoms with van der Waals surface area (Å²) in [4.78, 5) is 10.9. The molecule has 0 saturated heterocycles. The summed E-state index contributed by atoms with van der Waals surface area (Å²) in [6.45, 7) is 9.71. The first kappa shape index (κ1) is 11.5. The second-order valence-corrected chi connectivity index (χ2v) is 4.56. The Morgan fingerprint density at radius 2 is 1.67 bits per heavy atom. The number of hydrogen-bond acceptors (Lipinski definition) is 1. The third kappa shape index (κ3) is 1.99. The molecule has 0 saturated carbocycles. The molecule has 0 rings (SSSR count). The molecule has 0 heterocycles. The quantitative estimate of drug-likeness (QED) is 0.708. The summed E-state index contributed by atoms with van der Waals surface area (Å²) in [7, 11) is 0. The lowest BCUT2D eigenvalue weighted by molar-refractivity contribution is -0.154. The van der Waals surface area contributed by atoms with Crippen molar-refractivity contribution in [2.24, 2.45) is 10.8 Å². The molecule has 0 aliphatic heterocycles. The van der Waals surface area contributed by atoms with E-state index in [2.05, 4.69) is 6.92 Å². The average molecular weight is 172 g/mol. The fourth-order valence-corrected chi connectivity index (χ4v) is 1.23. The van der Waals surface area contributed by atoms with Crippen LogP contribution in [-0.2, 0) is 4.79 Å². The average Bonchev–Trinajstić information content (AvgIpc) is 1.86. The van der Waals surface area contributed by atoms with Crippen LogP contribution in [0.5, 0.6) is 0 Å². The fourth-order valence-electron chi connectivity index (χ4n) is 1.23. The van der Waals surface area contributed by atoms with Crippen molar-refractivity contribution in [1.29, 1.82) is 0 Å². The van der Waals surface area contributed by atoms with Gasteiger partial charge in [0.15, 0.2) is 0 Å². The minimum Gasteiger partial charge on any atom is -0.481 e. The number of carboxylic acids is 1. The van der Waals surface area contributed by atoms with Crippen molar-refractivity contribution in [3.63, 3.8) is 0 Å². The lowest BCUT2D eigenvalue weighted by Crippen LogP contribution is -2.39. The Kier molecular flexibility index (Phi) is 3.31. The number of carboxylic acid groups (broad SMARTS) is 1. The number of rotatable bonds is 4. The van der Waals surface area contributed by atoms with Gasteiger partial charge >= 0.3 is 5.97 Å². The van der Waals surface area contributed by atoms with Crippen LogP contribution >= 0.6 is 0 Å². The van der Waals surface area contributed by atoms with E-state index in [0.29, 0.717) is 0 Å². The zero-order valence-corrected chi connectivity index (χ0v) is 8.77. The molecule has 0 unspecified atom stereocenters. The molecule has 0 aromatic carbocycles. The van der Waals surface area contributed by atoms with Gasteiger partial charge in [-0.3, -0.25) is 4.79 Å². The van der Waals surface area contributed by atoms with Crippen molar-refractivity contribution in [2.75, 3.05) is 0 Å². The molecule has 0 aliphatic carbocycles. The molecular weight excluding hydrogens is 152 g/mol. The van der Waals surface area contributed by atoms with E-state index in [4.69, 9.17) is 5.11 Å². The molecular formula is C10H20O2. The molecule has 0 radical (unpaired) electrons. The number of carbonyl (C=O) groups is 1. The summed E-state index contributed by atoms with van der Waals surface area (Å²) in [5.41, 5.74) is -0.767. The summed E-state index contributed by atoms with van der Waals surface area (Å²) in [5, 5.41) is 9.00. The van der Waals surface area contributed by atoms with Gasteiger partial charge in [0.1, 0.15) is 0 Å². The minimum atomic E-state index is -0.707. The first-order valence-electron chi connectivity index (χ1n) is 4.49. The van der Waals surface area contributed by atoms with Crippen LogP contribution in [0.15, 0.2) is 0 Å². The topological polar surface area (TPSA) is 37.3 Å². The standard InChI is InChI=1S/C10H20O2/c1-6-7-9(2,3)10(4,5)8(11)12/h6-7H2,1-5H3,(H,11,12). The minimum absolute atomic E-state index is 0.131. The van der Waals surface area contributed by atoms with Crippen molar-refractivity contribution < 1.29 is 9.90 Å². The fraction of sp³-hybridized carbons (Fsp3) is 0.900. The van der Waals surface area contributed by atoms with Crippen molar-refractivity contribution in [2.45, 2.75) is 47.5 Å². The predicted octanol–water partition coefficient (Wildman–Crippen LogP) is 2.92. The van der Waals surface area contributed by atoms with Gasteiger partial charge in [0.2, 0.25) is 0 Å². The third-order valence-electron chi connectivity index (χ3n) is 3.10. The van der Waals surface area contributed by atoms with E-state index >= 15 is 0 Å². The monoisotopic (exact) mass is 172 g/mol. The Hall–Kier alpha value is -0.530. The molecule has 0 atom stereocenters. The number of aliphatic carboxylic acids is 1. The molecule has 0 bridgehead atoms. The Balaban J connectivity index is 4.62. The maximum absolute atomic E-state index is 10.9. The summed E-state index contributed by atoms with van der Waals surface area (Å²) >= 11 is 0. The first-order valence-corrected chi connectivity index (χ1v) is 4.49. The van der Waals surface area contributed by atoms with Crippen LogP contribution in [0.3, 0.4) is 0 Å². The predicted molar refractivity (Wildman–Crippen MR) is 50.1 cm³/mol. The Labute approximate surface area is 75.0 Å². The summed E-state index contributed by atoms with van der Waals surface area (Å²) in [6.07, 6.45) is 1.98. The van der Waals surface area contributed by atoms with Gasteiger partial charge in [-0.1, -0.05) is 27.2 Å². The van der Waals surface area contributed by atoms with Gasteiger partial charge in [-0.15, -0.1) is 0 Å². The summed E-state index contributed by atoms with van der Waals surface area (Å²) in [5.74, 6) is -0.707. The highest BCUT2D eigenvalue weighted by atomic mass is 16.4. The maximum atomic E-state index is 10.9. The normalized spacial score (nSPS) is 13.1. The molecule has 2 heteroatoms. The molecule has 12 heavy (non-hydrogen) atoms. The van der Waals surface area contributed by atoms with E-state index in [1.165, 1.54) is 0 Å². The number of hydrogen-bond donors (Lipinski definition) is 1. The highest BCUT2D eigenvalue weighted by Crippen LogP contribution is 2.42. The lowest BCUT2D eigenvalue weighted by atomic mass is 9.66. The Morgan fingerprint density at radius 3 is 1.92 bits per heavy atom. The van der Waals surface area contributed by atoms with Gasteiger partial charge < -0.3 is 5.11 Å². The van der Waals surface area contributed by atoms with E-state index < -0.39 is 11.4 Å².